The zero-order valence-electron chi connectivity index (χ0n) is 11.2. The number of ether oxygens (including phenoxy) is 1. The van der Waals surface area contributed by atoms with Crippen LogP contribution in [0, 0.1) is 12.7 Å². The molecule has 5 heteroatoms. The third-order valence-corrected chi connectivity index (χ3v) is 2.84. The molecule has 0 saturated heterocycles. The number of nitrogens with two attached hydrogens (primary N) is 1. The van der Waals surface area contributed by atoms with Crippen LogP contribution in [0.1, 0.15) is 15.9 Å². The molecular weight excluding hydrogens is 259 g/mol. The van der Waals surface area contributed by atoms with E-state index < -0.39 is 11.7 Å². The average Bonchev–Trinajstić information content (AvgIpc) is 2.42. The highest BCUT2D eigenvalue weighted by Gasteiger charge is 2.14. The van der Waals surface area contributed by atoms with Crippen LogP contribution >= 0.6 is 0 Å². The van der Waals surface area contributed by atoms with Crippen LogP contribution in [0.15, 0.2) is 36.4 Å². The molecule has 0 radical (unpaired) electrons. The summed E-state index contributed by atoms with van der Waals surface area (Å²) in [5.74, 6) is -0.588. The fourth-order valence-electron chi connectivity index (χ4n) is 1.83. The molecule has 0 fully saturated rings. The zero-order chi connectivity index (χ0) is 14.7. The summed E-state index contributed by atoms with van der Waals surface area (Å²) in [6, 6.07) is 9.21. The van der Waals surface area contributed by atoms with E-state index in [1.165, 1.54) is 19.2 Å². The molecule has 0 aliphatic carbocycles. The topological polar surface area (TPSA) is 64.3 Å². The van der Waals surface area contributed by atoms with Gasteiger partial charge in [-0.05, 0) is 42.8 Å². The molecule has 2 aromatic rings. The Kier molecular flexibility index (Phi) is 3.89. The molecule has 0 heterocycles. The predicted octanol–water partition coefficient (Wildman–Crippen LogP) is 2.98. The Labute approximate surface area is 116 Å². The van der Waals surface area contributed by atoms with E-state index in [2.05, 4.69) is 5.32 Å². The van der Waals surface area contributed by atoms with Gasteiger partial charge in [-0.1, -0.05) is 6.07 Å². The van der Waals surface area contributed by atoms with Crippen LogP contribution in [0.3, 0.4) is 0 Å². The lowest BCUT2D eigenvalue weighted by Crippen LogP contribution is -2.14. The number of nitrogens with one attached hydrogen (secondary N) is 1. The van der Waals surface area contributed by atoms with E-state index in [-0.39, 0.29) is 11.3 Å². The number of methoxy groups -OCH3 is 1. The van der Waals surface area contributed by atoms with Gasteiger partial charge in [0.1, 0.15) is 11.6 Å². The standard InChI is InChI=1S/C15H15FN2O2/c1-9-3-5-12(16)13(7-9)18-15(19)11-8-10(17)4-6-14(11)20-2/h3-8H,17H2,1-2H3,(H,18,19). The van der Waals surface area contributed by atoms with Crippen molar-refractivity contribution in [2.75, 3.05) is 18.2 Å². The van der Waals surface area contributed by atoms with E-state index in [0.717, 1.165) is 5.56 Å². The van der Waals surface area contributed by atoms with Gasteiger partial charge in [0.2, 0.25) is 0 Å². The second kappa shape index (κ2) is 5.61. The van der Waals surface area contributed by atoms with Gasteiger partial charge in [-0.25, -0.2) is 4.39 Å². The monoisotopic (exact) mass is 274 g/mol. The van der Waals surface area contributed by atoms with Crippen molar-refractivity contribution in [2.45, 2.75) is 6.92 Å². The van der Waals surface area contributed by atoms with Crippen LogP contribution in [0.2, 0.25) is 0 Å². The fourth-order valence-corrected chi connectivity index (χ4v) is 1.83. The molecule has 20 heavy (non-hydrogen) atoms. The molecule has 0 saturated carbocycles. The molecule has 0 atom stereocenters. The Morgan fingerprint density at radius 3 is 2.70 bits per heavy atom. The maximum Gasteiger partial charge on any atom is 0.259 e. The van der Waals surface area contributed by atoms with E-state index in [9.17, 15) is 9.18 Å². The highest BCUT2D eigenvalue weighted by molar-refractivity contribution is 6.06. The number of benzene rings is 2. The SMILES string of the molecule is COc1ccc(N)cc1C(=O)Nc1cc(C)ccc1F. The maximum absolute atomic E-state index is 13.6. The van der Waals surface area contributed by atoms with E-state index in [4.69, 9.17) is 10.5 Å². The van der Waals surface area contributed by atoms with Crippen LogP contribution < -0.4 is 15.8 Å². The van der Waals surface area contributed by atoms with E-state index >= 15 is 0 Å². The average molecular weight is 274 g/mol. The summed E-state index contributed by atoms with van der Waals surface area (Å²) < 4.78 is 18.7. The van der Waals surface area contributed by atoms with Crippen LogP contribution in [-0.2, 0) is 0 Å². The Hall–Kier alpha value is -2.56. The lowest BCUT2D eigenvalue weighted by Gasteiger charge is -2.11. The molecule has 0 aromatic heterocycles. The molecule has 0 bridgehead atoms. The van der Waals surface area contributed by atoms with Crippen LogP contribution in [0.25, 0.3) is 0 Å². The summed E-state index contributed by atoms with van der Waals surface area (Å²) in [7, 11) is 1.45. The first-order valence-electron chi connectivity index (χ1n) is 6.02. The number of hydrogen-bond donors (Lipinski definition) is 2. The Balaban J connectivity index is 2.32. The van der Waals surface area contributed by atoms with Crippen LogP contribution in [0.4, 0.5) is 15.8 Å². The molecule has 0 aliphatic rings. The number of halogens is 1. The second-order valence-electron chi connectivity index (χ2n) is 4.40. The number of rotatable bonds is 3. The number of aryl methyl sites for hydroxylation is 1. The summed E-state index contributed by atoms with van der Waals surface area (Å²) in [4.78, 5) is 12.2. The number of carbonyl (C=O) groups is 1. The van der Waals surface area contributed by atoms with Gasteiger partial charge in [-0.3, -0.25) is 4.79 Å². The van der Waals surface area contributed by atoms with Gasteiger partial charge in [-0.2, -0.15) is 0 Å². The smallest absolute Gasteiger partial charge is 0.259 e. The van der Waals surface area contributed by atoms with Crippen molar-refractivity contribution in [1.29, 1.82) is 0 Å². The van der Waals surface area contributed by atoms with E-state index in [1.54, 1.807) is 24.3 Å². The molecule has 0 unspecified atom stereocenters. The first-order chi connectivity index (χ1) is 9.51. The lowest BCUT2D eigenvalue weighted by molar-refractivity contribution is 0.102. The summed E-state index contributed by atoms with van der Waals surface area (Å²) in [5.41, 5.74) is 7.32. The third-order valence-electron chi connectivity index (χ3n) is 2.84. The van der Waals surface area contributed by atoms with Crippen molar-refractivity contribution in [2.24, 2.45) is 0 Å². The first kappa shape index (κ1) is 13.9. The van der Waals surface area contributed by atoms with Gasteiger partial charge in [0.15, 0.2) is 0 Å². The number of amides is 1. The van der Waals surface area contributed by atoms with Gasteiger partial charge >= 0.3 is 0 Å². The van der Waals surface area contributed by atoms with Crippen molar-refractivity contribution in [1.82, 2.24) is 0 Å². The van der Waals surface area contributed by atoms with Crippen molar-refractivity contribution < 1.29 is 13.9 Å². The van der Waals surface area contributed by atoms with Gasteiger partial charge < -0.3 is 15.8 Å². The molecular formula is C15H15FN2O2. The highest BCUT2D eigenvalue weighted by atomic mass is 19.1. The predicted molar refractivity (Wildman–Crippen MR) is 76.5 cm³/mol. The normalized spacial score (nSPS) is 10.2. The number of carbonyl (C=O) groups excluding carboxylic acids is 1. The van der Waals surface area contributed by atoms with Crippen LogP contribution in [-0.4, -0.2) is 13.0 Å². The fraction of sp³-hybridized carbons (Fsp3) is 0.133. The molecule has 3 N–H and O–H groups in total. The molecule has 104 valence electrons. The Morgan fingerprint density at radius 1 is 1.25 bits per heavy atom. The van der Waals surface area contributed by atoms with Crippen molar-refractivity contribution >= 4 is 17.3 Å². The van der Waals surface area contributed by atoms with Gasteiger partial charge in [-0.15, -0.1) is 0 Å². The summed E-state index contributed by atoms with van der Waals surface area (Å²) in [5, 5.41) is 2.52. The van der Waals surface area contributed by atoms with E-state index in [1.807, 2.05) is 6.92 Å². The third kappa shape index (κ3) is 2.88. The number of hydrogen-bond acceptors (Lipinski definition) is 3. The maximum atomic E-state index is 13.6. The molecule has 4 nitrogen and oxygen atoms in total. The molecule has 2 rings (SSSR count). The van der Waals surface area contributed by atoms with Gasteiger partial charge in [0.25, 0.3) is 5.91 Å². The minimum atomic E-state index is -0.494. The Morgan fingerprint density at radius 2 is 2.00 bits per heavy atom. The molecule has 1 amide bonds. The quantitative estimate of drug-likeness (QED) is 0.846. The summed E-state index contributed by atoms with van der Waals surface area (Å²) >= 11 is 0. The van der Waals surface area contributed by atoms with Gasteiger partial charge in [0, 0.05) is 5.69 Å². The van der Waals surface area contributed by atoms with Crippen molar-refractivity contribution in [3.05, 3.63) is 53.3 Å². The van der Waals surface area contributed by atoms with Crippen molar-refractivity contribution in [3.8, 4) is 5.75 Å². The zero-order valence-corrected chi connectivity index (χ0v) is 11.2. The second-order valence-corrected chi connectivity index (χ2v) is 4.40. The van der Waals surface area contributed by atoms with Gasteiger partial charge in [0.05, 0.1) is 18.4 Å². The highest BCUT2D eigenvalue weighted by Crippen LogP contribution is 2.23. The molecule has 2 aromatic carbocycles. The summed E-state index contributed by atoms with van der Waals surface area (Å²) in [6.45, 7) is 1.82. The molecule has 0 spiro atoms. The molecule has 0 aliphatic heterocycles. The minimum Gasteiger partial charge on any atom is -0.496 e. The minimum absolute atomic E-state index is 0.125. The first-order valence-corrected chi connectivity index (χ1v) is 6.02. The van der Waals surface area contributed by atoms with Crippen molar-refractivity contribution in [3.63, 3.8) is 0 Å². The summed E-state index contributed by atoms with van der Waals surface area (Å²) in [6.07, 6.45) is 0. The lowest BCUT2D eigenvalue weighted by atomic mass is 10.1. The Bertz CT molecular complexity index is 656. The van der Waals surface area contributed by atoms with Crippen LogP contribution in [0.5, 0.6) is 5.75 Å². The number of anilines is 2. The largest absolute Gasteiger partial charge is 0.496 e. The van der Waals surface area contributed by atoms with E-state index in [0.29, 0.717) is 11.4 Å². The number of nitrogen functional groups attached to an aromatic ring is 1.